The molecule has 0 aliphatic rings. The number of methoxy groups -OCH3 is 1. The van der Waals surface area contributed by atoms with Gasteiger partial charge >= 0.3 is 0 Å². The van der Waals surface area contributed by atoms with Gasteiger partial charge < -0.3 is 19.3 Å². The van der Waals surface area contributed by atoms with Crippen LogP contribution in [0.5, 0.6) is 0 Å². The lowest BCUT2D eigenvalue weighted by atomic mass is 10.0. The van der Waals surface area contributed by atoms with Crippen molar-refractivity contribution < 1.29 is 24.1 Å². The Morgan fingerprint density at radius 1 is 0.880 bits per heavy atom. The number of hydrogen-bond donors (Lipinski definition) is 1. The number of hydrogen-bond acceptors (Lipinski definition) is 5. The van der Waals surface area contributed by atoms with Crippen molar-refractivity contribution in [2.24, 2.45) is 0 Å². The second kappa shape index (κ2) is 19.8. The Morgan fingerprint density at radius 3 is 2.04 bits per heavy atom. The fourth-order valence-corrected chi connectivity index (χ4v) is 2.71. The molecule has 0 fully saturated rings. The molecule has 0 aromatic carbocycles. The highest BCUT2D eigenvalue weighted by Gasteiger charge is 2.06. The number of ketones is 1. The van der Waals surface area contributed by atoms with E-state index in [1.54, 1.807) is 7.11 Å². The number of Topliss-reactive ketones (excluding diaryl/α,β-unsaturated/α-hetero) is 1. The summed E-state index contributed by atoms with van der Waals surface area (Å²) in [6.45, 7) is 4.38. The van der Waals surface area contributed by atoms with Crippen LogP contribution in [0.1, 0.15) is 77.6 Å². The largest absolute Gasteiger partial charge is 0.394 e. The Morgan fingerprint density at radius 2 is 1.44 bits per heavy atom. The fraction of sp³-hybridized carbons (Fsp3) is 0.950. The van der Waals surface area contributed by atoms with E-state index in [2.05, 4.69) is 0 Å². The summed E-state index contributed by atoms with van der Waals surface area (Å²) in [7, 11) is 1.75. The fourth-order valence-electron chi connectivity index (χ4n) is 2.71. The van der Waals surface area contributed by atoms with E-state index in [-0.39, 0.29) is 12.7 Å². The highest BCUT2D eigenvalue weighted by Crippen LogP contribution is 2.10. The third-order valence-electron chi connectivity index (χ3n) is 4.21. The summed E-state index contributed by atoms with van der Waals surface area (Å²) < 4.78 is 15.8. The molecule has 0 saturated carbocycles. The van der Waals surface area contributed by atoms with Crippen LogP contribution in [0.2, 0.25) is 0 Å². The number of ether oxygens (including phenoxy) is 3. The Balaban J connectivity index is 3.28. The molecule has 5 nitrogen and oxygen atoms in total. The van der Waals surface area contributed by atoms with Gasteiger partial charge in [0.2, 0.25) is 0 Å². The predicted molar refractivity (Wildman–Crippen MR) is 101 cm³/mol. The minimum Gasteiger partial charge on any atom is -0.394 e. The summed E-state index contributed by atoms with van der Waals surface area (Å²) in [6.07, 6.45) is 11.3. The molecular formula is C20H40O5. The third-order valence-corrected chi connectivity index (χ3v) is 4.21. The van der Waals surface area contributed by atoms with Crippen molar-refractivity contribution in [3.63, 3.8) is 0 Å². The zero-order chi connectivity index (χ0) is 18.6. The molecule has 1 atom stereocenters. The quantitative estimate of drug-likeness (QED) is 0.334. The normalized spacial score (nSPS) is 12.4. The molecule has 0 aliphatic heterocycles. The van der Waals surface area contributed by atoms with Crippen LogP contribution in [0.15, 0.2) is 0 Å². The van der Waals surface area contributed by atoms with Crippen LogP contribution in [0, 0.1) is 0 Å². The SMILES string of the molecule is CCOC(CO)COCCCCC(=O)CCCCCCCCCOC. The van der Waals surface area contributed by atoms with Crippen LogP contribution in [0.4, 0.5) is 0 Å². The van der Waals surface area contributed by atoms with Crippen molar-refractivity contribution in [2.75, 3.05) is 40.1 Å². The lowest BCUT2D eigenvalue weighted by Gasteiger charge is -2.14. The maximum atomic E-state index is 11.8. The van der Waals surface area contributed by atoms with Crippen molar-refractivity contribution in [3.05, 3.63) is 0 Å². The van der Waals surface area contributed by atoms with E-state index in [0.29, 0.717) is 32.0 Å². The van der Waals surface area contributed by atoms with Crippen LogP contribution in [-0.4, -0.2) is 57.1 Å². The first-order chi connectivity index (χ1) is 12.2. The average molecular weight is 361 g/mol. The molecule has 0 saturated heterocycles. The molecule has 0 rings (SSSR count). The molecule has 0 spiro atoms. The highest BCUT2D eigenvalue weighted by molar-refractivity contribution is 5.78. The van der Waals surface area contributed by atoms with Gasteiger partial charge in [0.25, 0.3) is 0 Å². The second-order valence-corrected chi connectivity index (χ2v) is 6.55. The zero-order valence-electron chi connectivity index (χ0n) is 16.5. The van der Waals surface area contributed by atoms with E-state index in [0.717, 1.165) is 38.7 Å². The molecule has 0 aromatic rings. The van der Waals surface area contributed by atoms with Crippen LogP contribution in [0.25, 0.3) is 0 Å². The monoisotopic (exact) mass is 360 g/mol. The van der Waals surface area contributed by atoms with Crippen molar-refractivity contribution in [2.45, 2.75) is 83.7 Å². The van der Waals surface area contributed by atoms with Crippen molar-refractivity contribution in [1.29, 1.82) is 0 Å². The highest BCUT2D eigenvalue weighted by atomic mass is 16.5. The van der Waals surface area contributed by atoms with E-state index in [4.69, 9.17) is 19.3 Å². The summed E-state index contributed by atoms with van der Waals surface area (Å²) in [5.41, 5.74) is 0. The summed E-state index contributed by atoms with van der Waals surface area (Å²) in [5, 5.41) is 9.06. The Hall–Kier alpha value is -0.490. The first-order valence-corrected chi connectivity index (χ1v) is 10.0. The summed E-state index contributed by atoms with van der Waals surface area (Å²) >= 11 is 0. The number of aliphatic hydroxyl groups is 1. The number of rotatable bonds is 20. The summed E-state index contributed by atoms with van der Waals surface area (Å²) in [5.74, 6) is 0.377. The van der Waals surface area contributed by atoms with Gasteiger partial charge in [0, 0.05) is 39.8 Å². The van der Waals surface area contributed by atoms with Gasteiger partial charge in [-0.3, -0.25) is 4.79 Å². The van der Waals surface area contributed by atoms with Crippen LogP contribution >= 0.6 is 0 Å². The molecule has 1 unspecified atom stereocenters. The average Bonchev–Trinajstić information content (AvgIpc) is 2.62. The second-order valence-electron chi connectivity index (χ2n) is 6.55. The molecule has 0 heterocycles. The number of carbonyl (C=O) groups excluding carboxylic acids is 1. The molecule has 1 N–H and O–H groups in total. The van der Waals surface area contributed by atoms with E-state index in [1.165, 1.54) is 32.1 Å². The van der Waals surface area contributed by atoms with Crippen LogP contribution in [0.3, 0.4) is 0 Å². The lowest BCUT2D eigenvalue weighted by Crippen LogP contribution is -2.24. The first kappa shape index (κ1) is 24.5. The van der Waals surface area contributed by atoms with Crippen molar-refractivity contribution in [1.82, 2.24) is 0 Å². The van der Waals surface area contributed by atoms with Gasteiger partial charge in [-0.2, -0.15) is 0 Å². The third kappa shape index (κ3) is 18.1. The minimum atomic E-state index is -0.230. The van der Waals surface area contributed by atoms with Gasteiger partial charge in [-0.05, 0) is 32.6 Å². The zero-order valence-corrected chi connectivity index (χ0v) is 16.5. The van der Waals surface area contributed by atoms with E-state index in [1.807, 2.05) is 6.92 Å². The molecule has 25 heavy (non-hydrogen) atoms. The van der Waals surface area contributed by atoms with Gasteiger partial charge in [-0.25, -0.2) is 0 Å². The van der Waals surface area contributed by atoms with Gasteiger partial charge in [-0.1, -0.05) is 32.1 Å². The van der Waals surface area contributed by atoms with E-state index in [9.17, 15) is 4.79 Å². The maximum absolute atomic E-state index is 11.8. The molecule has 0 aliphatic carbocycles. The van der Waals surface area contributed by atoms with E-state index < -0.39 is 0 Å². The molecular weight excluding hydrogens is 320 g/mol. The van der Waals surface area contributed by atoms with Gasteiger partial charge in [-0.15, -0.1) is 0 Å². The Labute approximate surface area is 154 Å². The van der Waals surface area contributed by atoms with Gasteiger partial charge in [0.15, 0.2) is 0 Å². The minimum absolute atomic E-state index is 0.0144. The molecule has 5 heteroatoms. The maximum Gasteiger partial charge on any atom is 0.132 e. The van der Waals surface area contributed by atoms with Gasteiger partial charge in [0.05, 0.1) is 13.2 Å². The number of aliphatic hydroxyl groups excluding tert-OH is 1. The predicted octanol–water partition coefficient (Wildman–Crippen LogP) is 3.91. The molecule has 150 valence electrons. The van der Waals surface area contributed by atoms with Crippen molar-refractivity contribution >= 4 is 5.78 Å². The smallest absolute Gasteiger partial charge is 0.132 e. The first-order valence-electron chi connectivity index (χ1n) is 10.0. The summed E-state index contributed by atoms with van der Waals surface area (Å²) in [4.78, 5) is 11.8. The van der Waals surface area contributed by atoms with Crippen LogP contribution in [-0.2, 0) is 19.0 Å². The Kier molecular flexibility index (Phi) is 19.4. The number of unbranched alkanes of at least 4 members (excludes halogenated alkanes) is 7. The van der Waals surface area contributed by atoms with Crippen LogP contribution < -0.4 is 0 Å². The molecule has 0 bridgehead atoms. The van der Waals surface area contributed by atoms with Crippen molar-refractivity contribution in [3.8, 4) is 0 Å². The van der Waals surface area contributed by atoms with E-state index >= 15 is 0 Å². The molecule has 0 aromatic heterocycles. The Bertz CT molecular complexity index is 283. The molecule has 0 radical (unpaired) electrons. The molecule has 0 amide bonds. The topological polar surface area (TPSA) is 65.0 Å². The van der Waals surface area contributed by atoms with Gasteiger partial charge in [0.1, 0.15) is 11.9 Å². The summed E-state index contributed by atoms with van der Waals surface area (Å²) in [6, 6.07) is 0. The number of carbonyl (C=O) groups is 1. The lowest BCUT2D eigenvalue weighted by molar-refractivity contribution is -0.119. The standard InChI is InChI=1S/C20H40O5/c1-3-25-20(17-21)18-24-16-12-10-14-19(22)13-9-7-5-4-6-8-11-15-23-2/h20-21H,3-18H2,1-2H3.